The summed E-state index contributed by atoms with van der Waals surface area (Å²) >= 11 is 1.81. The summed E-state index contributed by atoms with van der Waals surface area (Å²) in [6.45, 7) is 19.1. The molecule has 229 valence electrons. The Morgan fingerprint density at radius 3 is 2.19 bits per heavy atom. The minimum atomic E-state index is 0. The molecular formula is C36H47IrN2O2S-. The molecular weight excluding hydrogens is 717 g/mol. The first kappa shape index (κ1) is 35.8. The molecule has 0 spiro atoms. The zero-order chi connectivity index (χ0) is 30.3. The number of carbonyl (C=O) groups excluding carboxylic acids is 1. The third-order valence-corrected chi connectivity index (χ3v) is 8.61. The van der Waals surface area contributed by atoms with Crippen molar-refractivity contribution < 1.29 is 30.0 Å². The number of aryl methyl sites for hydroxylation is 2. The van der Waals surface area contributed by atoms with E-state index in [9.17, 15) is 9.90 Å². The molecule has 42 heavy (non-hydrogen) atoms. The van der Waals surface area contributed by atoms with Crippen LogP contribution in [-0.4, -0.2) is 20.9 Å². The average molecular weight is 764 g/mol. The minimum Gasteiger partial charge on any atom is -0.512 e. The summed E-state index contributed by atoms with van der Waals surface area (Å²) in [5, 5.41) is 13.4. The van der Waals surface area contributed by atoms with Crippen LogP contribution in [0.25, 0.3) is 32.2 Å². The minimum absolute atomic E-state index is 0. The van der Waals surface area contributed by atoms with E-state index in [1.54, 1.807) is 0 Å². The third kappa shape index (κ3) is 9.30. The Bertz CT molecular complexity index is 1490. The van der Waals surface area contributed by atoms with Crippen LogP contribution in [0.5, 0.6) is 0 Å². The maximum Gasteiger partial charge on any atom is 0.162 e. The van der Waals surface area contributed by atoms with Gasteiger partial charge in [0.1, 0.15) is 0 Å². The molecule has 0 bridgehead atoms. The second-order valence-electron chi connectivity index (χ2n) is 12.3. The summed E-state index contributed by atoms with van der Waals surface area (Å²) in [6, 6.07) is 14.2. The van der Waals surface area contributed by atoms with E-state index in [-0.39, 0.29) is 48.9 Å². The number of aliphatic hydroxyl groups excluding tert-OH is 1. The maximum absolute atomic E-state index is 11.7. The van der Waals surface area contributed by atoms with E-state index >= 15 is 0 Å². The molecule has 1 N–H and O–H groups in total. The fraction of sp³-hybridized carbons (Fsp3) is 0.472. The molecule has 2 aromatic carbocycles. The first-order valence-electron chi connectivity index (χ1n) is 15.0. The number of pyridine rings is 1. The Kier molecular flexibility index (Phi) is 13.5. The van der Waals surface area contributed by atoms with Gasteiger partial charge in [-0.15, -0.1) is 46.2 Å². The van der Waals surface area contributed by atoms with E-state index in [1.165, 1.54) is 32.1 Å². The number of benzene rings is 2. The van der Waals surface area contributed by atoms with Crippen LogP contribution in [0.15, 0.2) is 48.4 Å². The van der Waals surface area contributed by atoms with E-state index in [1.807, 2.05) is 45.2 Å². The van der Waals surface area contributed by atoms with Crippen molar-refractivity contribution in [2.24, 2.45) is 17.3 Å². The second kappa shape index (κ2) is 15.9. The van der Waals surface area contributed by atoms with E-state index < -0.39 is 0 Å². The van der Waals surface area contributed by atoms with Crippen molar-refractivity contribution in [1.82, 2.24) is 9.97 Å². The molecule has 0 amide bonds. The van der Waals surface area contributed by atoms with Crippen LogP contribution in [0.3, 0.4) is 0 Å². The van der Waals surface area contributed by atoms with Gasteiger partial charge in [-0.05, 0) is 59.7 Å². The molecule has 2 heterocycles. The molecule has 0 atom stereocenters. The standard InChI is InChI=1S/C23H23N2S.C13H24O2.Ir/c1-14-10-15(2)12-16(11-14)21-17-6-7-19-22(18(17)8-9-24-21)26-20(25-19)13-23(3,4)5;1-5-10(6-2)12(14)9-13(15)11(7-3)8-4;/h6-11H,13H2,1-5H3;9-11,14H,5-8H2,1-4H3;/q-1;;/b;12-9-;. The number of hydrogen-bond acceptors (Lipinski definition) is 5. The van der Waals surface area contributed by atoms with E-state index in [0.29, 0.717) is 0 Å². The molecule has 4 nitrogen and oxygen atoms in total. The number of carbonyl (C=O) groups is 1. The average Bonchev–Trinajstić information content (AvgIpc) is 3.31. The van der Waals surface area contributed by atoms with Gasteiger partial charge >= 0.3 is 0 Å². The van der Waals surface area contributed by atoms with Crippen molar-refractivity contribution in [2.75, 3.05) is 0 Å². The third-order valence-electron chi connectivity index (χ3n) is 7.51. The van der Waals surface area contributed by atoms with Gasteiger partial charge in [-0.1, -0.05) is 68.4 Å². The Morgan fingerprint density at radius 2 is 1.62 bits per heavy atom. The number of rotatable bonds is 9. The van der Waals surface area contributed by atoms with Crippen LogP contribution in [0, 0.1) is 37.2 Å². The SMILES string of the molecule is CCC(CC)C(=O)/C=C(\O)C(CC)CC.Cc1[c-]c(-c2nccc3c2ccc2nc(CC(C)(C)C)sc23)cc(C)c1.[Ir]. The molecule has 0 fully saturated rings. The number of thiazole rings is 1. The molecule has 4 aromatic rings. The quantitative estimate of drug-likeness (QED) is 0.105. The zero-order valence-electron chi connectivity index (χ0n) is 26.7. The smallest absolute Gasteiger partial charge is 0.162 e. The molecule has 0 saturated carbocycles. The van der Waals surface area contributed by atoms with Gasteiger partial charge in [0.2, 0.25) is 0 Å². The van der Waals surface area contributed by atoms with Crippen LogP contribution in [-0.2, 0) is 31.3 Å². The predicted molar refractivity (Wildman–Crippen MR) is 176 cm³/mol. The second-order valence-corrected chi connectivity index (χ2v) is 13.3. The fourth-order valence-electron chi connectivity index (χ4n) is 5.23. The Balaban J connectivity index is 0.000000334. The molecule has 2 aromatic heterocycles. The molecule has 0 aliphatic carbocycles. The van der Waals surface area contributed by atoms with Gasteiger partial charge in [0.05, 0.1) is 21.0 Å². The van der Waals surface area contributed by atoms with Crippen molar-refractivity contribution in [2.45, 2.75) is 94.4 Å². The number of nitrogens with zero attached hydrogens (tertiary/aromatic N) is 2. The summed E-state index contributed by atoms with van der Waals surface area (Å²) in [5.41, 5.74) is 5.77. The van der Waals surface area contributed by atoms with Gasteiger partial charge in [-0.2, -0.15) is 0 Å². The first-order valence-corrected chi connectivity index (χ1v) is 15.8. The normalized spacial score (nSPS) is 12.0. The van der Waals surface area contributed by atoms with E-state index in [0.717, 1.165) is 54.4 Å². The number of hydrogen-bond donors (Lipinski definition) is 1. The largest absolute Gasteiger partial charge is 0.512 e. The van der Waals surface area contributed by atoms with Gasteiger partial charge < -0.3 is 10.1 Å². The summed E-state index contributed by atoms with van der Waals surface area (Å²) in [7, 11) is 0. The van der Waals surface area contributed by atoms with Crippen molar-refractivity contribution in [3.63, 3.8) is 0 Å². The van der Waals surface area contributed by atoms with Gasteiger partial charge in [-0.3, -0.25) is 4.79 Å². The van der Waals surface area contributed by atoms with Crippen LogP contribution >= 0.6 is 11.3 Å². The van der Waals surface area contributed by atoms with Gasteiger partial charge in [0, 0.05) is 50.6 Å². The molecule has 0 aliphatic rings. The van der Waals surface area contributed by atoms with Crippen LogP contribution in [0.1, 0.15) is 90.3 Å². The van der Waals surface area contributed by atoms with Crippen molar-refractivity contribution >= 4 is 38.1 Å². The number of allylic oxidation sites excluding steroid dienone is 2. The molecule has 1 radical (unpaired) electrons. The number of aliphatic hydroxyl groups is 1. The van der Waals surface area contributed by atoms with Crippen molar-refractivity contribution in [3.8, 4) is 11.3 Å². The van der Waals surface area contributed by atoms with Crippen LogP contribution < -0.4 is 0 Å². The number of ketones is 1. The van der Waals surface area contributed by atoms with Crippen LogP contribution in [0.4, 0.5) is 0 Å². The van der Waals surface area contributed by atoms with Crippen molar-refractivity contribution in [1.29, 1.82) is 0 Å². The van der Waals surface area contributed by atoms with E-state index in [2.05, 4.69) is 76.0 Å². The summed E-state index contributed by atoms with van der Waals surface area (Å²) in [6.07, 6.45) is 7.81. The first-order chi connectivity index (χ1) is 19.4. The molecule has 6 heteroatoms. The predicted octanol–water partition coefficient (Wildman–Crippen LogP) is 10.4. The Hall–Kier alpha value is -2.40. The molecule has 0 unspecified atom stereocenters. The Morgan fingerprint density at radius 1 is 0.976 bits per heavy atom. The van der Waals surface area contributed by atoms with E-state index in [4.69, 9.17) is 4.98 Å². The zero-order valence-corrected chi connectivity index (χ0v) is 29.9. The monoisotopic (exact) mass is 764 g/mol. The van der Waals surface area contributed by atoms with Gasteiger partial charge in [0.15, 0.2) is 5.78 Å². The van der Waals surface area contributed by atoms with Gasteiger partial charge in [-0.25, -0.2) is 4.98 Å². The summed E-state index contributed by atoms with van der Waals surface area (Å²) in [4.78, 5) is 21.3. The number of aromatic nitrogens is 2. The van der Waals surface area contributed by atoms with Crippen LogP contribution in [0.2, 0.25) is 0 Å². The fourth-order valence-corrected chi connectivity index (χ4v) is 6.62. The number of fused-ring (bicyclic) bond motifs is 3. The molecule has 4 rings (SSSR count). The van der Waals surface area contributed by atoms with Crippen molar-refractivity contribution in [3.05, 3.63) is 70.6 Å². The molecule has 0 aliphatic heterocycles. The topological polar surface area (TPSA) is 63.1 Å². The Labute approximate surface area is 270 Å². The summed E-state index contributed by atoms with van der Waals surface area (Å²) < 4.78 is 1.26. The molecule has 0 saturated heterocycles. The maximum atomic E-state index is 11.7. The van der Waals surface area contributed by atoms with Gasteiger partial charge in [0.25, 0.3) is 0 Å². The summed E-state index contributed by atoms with van der Waals surface area (Å²) in [5.74, 6) is 0.547.